The molecule has 162 valence electrons. The first-order valence-corrected chi connectivity index (χ1v) is 10.4. The molecule has 2 N–H and O–H groups in total. The Morgan fingerprint density at radius 2 is 1.74 bits per heavy atom. The lowest BCUT2D eigenvalue weighted by atomic mass is 9.82. The zero-order chi connectivity index (χ0) is 22.4. The highest BCUT2D eigenvalue weighted by atomic mass is 35.5. The van der Waals surface area contributed by atoms with Crippen LogP contribution in [0, 0.1) is 0 Å². The first-order valence-electron chi connectivity index (χ1n) is 9.99. The highest BCUT2D eigenvalue weighted by Crippen LogP contribution is 2.39. The van der Waals surface area contributed by atoms with E-state index in [2.05, 4.69) is 0 Å². The van der Waals surface area contributed by atoms with E-state index in [4.69, 9.17) is 26.8 Å². The summed E-state index contributed by atoms with van der Waals surface area (Å²) in [6, 6.07) is 16.8. The fourth-order valence-electron chi connectivity index (χ4n) is 3.57. The molecule has 0 bridgehead atoms. The first-order chi connectivity index (χ1) is 15.0. The quantitative estimate of drug-likeness (QED) is 0.660. The van der Waals surface area contributed by atoms with Gasteiger partial charge in [0.05, 0.1) is 30.8 Å². The molecule has 1 aliphatic rings. The smallest absolute Gasteiger partial charge is 0.338 e. The summed E-state index contributed by atoms with van der Waals surface area (Å²) in [4.78, 5) is 27.4. The number of methoxy groups -OCH3 is 1. The van der Waals surface area contributed by atoms with E-state index in [-0.39, 0.29) is 18.0 Å². The van der Waals surface area contributed by atoms with Gasteiger partial charge < -0.3 is 20.1 Å². The highest BCUT2D eigenvalue weighted by molar-refractivity contribution is 6.30. The standard InChI is InChI=1S/C24H25ClN2O4/c1-3-31-24(29)21-20(17-9-11-18(25)12-10-17)19(23(28)30-2)15-27(22(21)26)14-13-16-7-5-4-6-8-16/h4-12,15,20H,3,13-14,26H2,1-2H3. The molecule has 0 aliphatic carbocycles. The Kier molecular flexibility index (Phi) is 7.36. The Labute approximate surface area is 186 Å². The molecule has 0 saturated heterocycles. The minimum absolute atomic E-state index is 0.185. The lowest BCUT2D eigenvalue weighted by Gasteiger charge is -2.33. The third-order valence-electron chi connectivity index (χ3n) is 5.08. The minimum Gasteiger partial charge on any atom is -0.466 e. The van der Waals surface area contributed by atoms with Gasteiger partial charge in [-0.25, -0.2) is 9.59 Å². The van der Waals surface area contributed by atoms with Crippen molar-refractivity contribution in [1.29, 1.82) is 0 Å². The van der Waals surface area contributed by atoms with Crippen LogP contribution in [-0.2, 0) is 25.5 Å². The Balaban J connectivity index is 2.06. The maximum absolute atomic E-state index is 12.9. The predicted molar refractivity (Wildman–Crippen MR) is 119 cm³/mol. The molecule has 6 nitrogen and oxygen atoms in total. The molecule has 1 aliphatic heterocycles. The number of carbonyl (C=O) groups excluding carboxylic acids is 2. The molecule has 31 heavy (non-hydrogen) atoms. The molecule has 0 aromatic heterocycles. The third kappa shape index (κ3) is 5.09. The summed E-state index contributed by atoms with van der Waals surface area (Å²) in [7, 11) is 1.31. The van der Waals surface area contributed by atoms with E-state index in [1.165, 1.54) is 7.11 Å². The van der Waals surface area contributed by atoms with Crippen molar-refractivity contribution in [2.24, 2.45) is 5.73 Å². The normalized spacial score (nSPS) is 16.0. The SMILES string of the molecule is CCOC(=O)C1=C(N)N(CCc2ccccc2)C=C(C(=O)OC)C1c1ccc(Cl)cc1. The molecular weight excluding hydrogens is 416 g/mol. The molecule has 1 heterocycles. The third-order valence-corrected chi connectivity index (χ3v) is 5.34. The molecular formula is C24H25ClN2O4. The number of hydrogen-bond donors (Lipinski definition) is 1. The maximum atomic E-state index is 12.9. The van der Waals surface area contributed by atoms with Crippen LogP contribution in [0.1, 0.15) is 24.0 Å². The second kappa shape index (κ2) is 10.2. The summed E-state index contributed by atoms with van der Waals surface area (Å²) >= 11 is 6.03. The average molecular weight is 441 g/mol. The van der Waals surface area contributed by atoms with Crippen LogP contribution in [0.2, 0.25) is 5.02 Å². The van der Waals surface area contributed by atoms with Crippen molar-refractivity contribution in [3.63, 3.8) is 0 Å². The van der Waals surface area contributed by atoms with Crippen molar-refractivity contribution in [2.75, 3.05) is 20.3 Å². The molecule has 0 saturated carbocycles. The van der Waals surface area contributed by atoms with Crippen LogP contribution in [-0.4, -0.2) is 37.1 Å². The predicted octanol–water partition coefficient (Wildman–Crippen LogP) is 3.77. The van der Waals surface area contributed by atoms with Crippen molar-refractivity contribution in [3.8, 4) is 0 Å². The number of halogens is 1. The van der Waals surface area contributed by atoms with E-state index in [0.29, 0.717) is 29.1 Å². The van der Waals surface area contributed by atoms with Crippen molar-refractivity contribution >= 4 is 23.5 Å². The molecule has 0 radical (unpaired) electrons. The van der Waals surface area contributed by atoms with Gasteiger partial charge in [-0.05, 0) is 36.6 Å². The molecule has 0 amide bonds. The van der Waals surface area contributed by atoms with Crippen LogP contribution in [0.4, 0.5) is 0 Å². The number of nitrogens with two attached hydrogens (primary N) is 1. The van der Waals surface area contributed by atoms with E-state index in [0.717, 1.165) is 5.56 Å². The number of ether oxygens (including phenoxy) is 2. The van der Waals surface area contributed by atoms with Gasteiger partial charge in [0.25, 0.3) is 0 Å². The molecule has 0 fully saturated rings. The maximum Gasteiger partial charge on any atom is 0.338 e. The molecule has 1 atom stereocenters. The first kappa shape index (κ1) is 22.4. The van der Waals surface area contributed by atoms with Crippen LogP contribution in [0.15, 0.2) is 77.8 Å². The summed E-state index contributed by atoms with van der Waals surface area (Å²) in [5.74, 6) is -1.59. The van der Waals surface area contributed by atoms with Crippen LogP contribution in [0.25, 0.3) is 0 Å². The van der Waals surface area contributed by atoms with Gasteiger partial charge in [0.1, 0.15) is 5.82 Å². The van der Waals surface area contributed by atoms with E-state index in [1.54, 1.807) is 42.3 Å². The van der Waals surface area contributed by atoms with Crippen molar-refractivity contribution < 1.29 is 19.1 Å². The number of benzene rings is 2. The highest BCUT2D eigenvalue weighted by Gasteiger charge is 2.38. The Bertz CT molecular complexity index is 1000. The van der Waals surface area contributed by atoms with Crippen LogP contribution in [0.3, 0.4) is 0 Å². The topological polar surface area (TPSA) is 81.9 Å². The Morgan fingerprint density at radius 1 is 1.06 bits per heavy atom. The van der Waals surface area contributed by atoms with Gasteiger partial charge in [0, 0.05) is 17.8 Å². The van der Waals surface area contributed by atoms with Crippen LogP contribution >= 0.6 is 11.6 Å². The molecule has 2 aromatic carbocycles. The van der Waals surface area contributed by atoms with E-state index >= 15 is 0 Å². The van der Waals surface area contributed by atoms with Gasteiger partial charge in [-0.3, -0.25) is 0 Å². The van der Waals surface area contributed by atoms with Crippen LogP contribution < -0.4 is 5.73 Å². The zero-order valence-electron chi connectivity index (χ0n) is 17.5. The van der Waals surface area contributed by atoms with E-state index < -0.39 is 17.9 Å². The van der Waals surface area contributed by atoms with E-state index in [1.807, 2.05) is 30.3 Å². The van der Waals surface area contributed by atoms with Gasteiger partial charge in [0.2, 0.25) is 0 Å². The van der Waals surface area contributed by atoms with Gasteiger partial charge in [-0.1, -0.05) is 54.1 Å². The molecule has 3 rings (SSSR count). The van der Waals surface area contributed by atoms with Gasteiger partial charge in [-0.2, -0.15) is 0 Å². The molecule has 1 unspecified atom stereocenters. The fraction of sp³-hybridized carbons (Fsp3) is 0.250. The summed E-state index contributed by atoms with van der Waals surface area (Å²) in [6.07, 6.45) is 2.33. The largest absolute Gasteiger partial charge is 0.466 e. The number of hydrogen-bond acceptors (Lipinski definition) is 6. The average Bonchev–Trinajstić information content (AvgIpc) is 2.78. The molecule has 7 heteroatoms. The second-order valence-electron chi connectivity index (χ2n) is 7.01. The number of esters is 2. The number of nitrogens with zero attached hydrogens (tertiary/aromatic N) is 1. The number of rotatable bonds is 7. The number of carbonyl (C=O) groups is 2. The summed E-state index contributed by atoms with van der Waals surface area (Å²) < 4.78 is 10.3. The molecule has 2 aromatic rings. The second-order valence-corrected chi connectivity index (χ2v) is 7.45. The summed E-state index contributed by atoms with van der Waals surface area (Å²) in [5.41, 5.74) is 8.77. The lowest BCUT2D eigenvalue weighted by Crippen LogP contribution is -2.37. The Morgan fingerprint density at radius 3 is 2.35 bits per heavy atom. The van der Waals surface area contributed by atoms with Gasteiger partial charge in [0.15, 0.2) is 0 Å². The monoisotopic (exact) mass is 440 g/mol. The van der Waals surface area contributed by atoms with Crippen LogP contribution in [0.5, 0.6) is 0 Å². The summed E-state index contributed by atoms with van der Waals surface area (Å²) in [6.45, 7) is 2.38. The van der Waals surface area contributed by atoms with Crippen molar-refractivity contribution in [1.82, 2.24) is 4.90 Å². The zero-order valence-corrected chi connectivity index (χ0v) is 18.3. The molecule has 0 spiro atoms. The lowest BCUT2D eigenvalue weighted by molar-refractivity contribution is -0.139. The summed E-state index contributed by atoms with van der Waals surface area (Å²) in [5, 5.41) is 0.544. The fourth-order valence-corrected chi connectivity index (χ4v) is 3.70. The van der Waals surface area contributed by atoms with E-state index in [9.17, 15) is 9.59 Å². The van der Waals surface area contributed by atoms with Gasteiger partial charge in [-0.15, -0.1) is 0 Å². The van der Waals surface area contributed by atoms with Crippen molar-refractivity contribution in [2.45, 2.75) is 19.3 Å². The van der Waals surface area contributed by atoms with Crippen molar-refractivity contribution in [3.05, 3.63) is 93.9 Å². The minimum atomic E-state index is -0.725. The van der Waals surface area contributed by atoms with Gasteiger partial charge >= 0.3 is 11.9 Å². The Hall–Kier alpha value is -3.25.